The number of rotatable bonds is 1. The van der Waals surface area contributed by atoms with Gasteiger partial charge >= 0.3 is 6.03 Å². The molecule has 0 unspecified atom stereocenters. The van der Waals surface area contributed by atoms with Gasteiger partial charge in [0.2, 0.25) is 0 Å². The Morgan fingerprint density at radius 2 is 1.80 bits per heavy atom. The average Bonchev–Trinajstić information content (AvgIpc) is 2.56. The van der Waals surface area contributed by atoms with Crippen molar-refractivity contribution < 1.29 is 9.59 Å². The van der Waals surface area contributed by atoms with Crippen molar-refractivity contribution in [1.29, 1.82) is 0 Å². The maximum absolute atomic E-state index is 11.2. The molecule has 0 aliphatic heterocycles. The van der Waals surface area contributed by atoms with E-state index in [0.717, 1.165) is 9.95 Å². The largest absolute Gasteiger partial charge is 0.364 e. The summed E-state index contributed by atoms with van der Waals surface area (Å²) in [4.78, 5) is 22.3. The summed E-state index contributed by atoms with van der Waals surface area (Å²) < 4.78 is 1.11. The quantitative estimate of drug-likeness (QED) is 0.712. The van der Waals surface area contributed by atoms with E-state index in [1.54, 1.807) is 30.3 Å². The molecule has 0 aliphatic carbocycles. The lowest BCUT2D eigenvalue weighted by Crippen LogP contribution is -2.26. The Hall–Kier alpha value is -2.30. The molecule has 1 aromatic heterocycles. The summed E-state index contributed by atoms with van der Waals surface area (Å²) in [6.07, 6.45) is 0. The number of nitrogens with zero attached hydrogens (tertiary/aromatic N) is 1. The Morgan fingerprint density at radius 3 is 2.40 bits per heavy atom. The highest BCUT2D eigenvalue weighted by atomic mass is 16.2. The van der Waals surface area contributed by atoms with E-state index in [0.29, 0.717) is 5.52 Å². The van der Waals surface area contributed by atoms with E-state index in [2.05, 4.69) is 0 Å². The van der Waals surface area contributed by atoms with E-state index in [9.17, 15) is 9.59 Å². The first kappa shape index (κ1) is 9.26. The third-order valence-corrected chi connectivity index (χ3v) is 2.18. The molecule has 76 valence electrons. The van der Waals surface area contributed by atoms with Crippen molar-refractivity contribution in [3.05, 3.63) is 36.0 Å². The maximum atomic E-state index is 11.2. The number of hydrogen-bond acceptors (Lipinski definition) is 2. The van der Waals surface area contributed by atoms with E-state index in [1.165, 1.54) is 0 Å². The second-order valence-electron chi connectivity index (χ2n) is 3.13. The molecule has 0 bridgehead atoms. The fourth-order valence-electron chi connectivity index (χ4n) is 1.57. The molecular weight excluding hydrogens is 194 g/mol. The number of carbonyl (C=O) groups excluding carboxylic acids is 2. The van der Waals surface area contributed by atoms with Gasteiger partial charge < -0.3 is 11.5 Å². The molecule has 2 aromatic rings. The molecule has 0 atom stereocenters. The molecule has 15 heavy (non-hydrogen) atoms. The number of aromatic nitrogens is 1. The van der Waals surface area contributed by atoms with Crippen LogP contribution in [0.15, 0.2) is 30.3 Å². The summed E-state index contributed by atoms with van der Waals surface area (Å²) >= 11 is 0. The first-order chi connectivity index (χ1) is 7.11. The van der Waals surface area contributed by atoms with Crippen LogP contribution in [0.25, 0.3) is 10.9 Å². The predicted octanol–water partition coefficient (Wildman–Crippen LogP) is 0.667. The molecule has 0 spiro atoms. The normalized spacial score (nSPS) is 10.4. The van der Waals surface area contributed by atoms with Gasteiger partial charge in [0.1, 0.15) is 5.69 Å². The van der Waals surface area contributed by atoms with Gasteiger partial charge in [0.05, 0.1) is 5.52 Å². The van der Waals surface area contributed by atoms with Crippen molar-refractivity contribution in [2.75, 3.05) is 0 Å². The lowest BCUT2D eigenvalue weighted by atomic mass is 10.2. The fraction of sp³-hybridized carbons (Fsp3) is 0. The van der Waals surface area contributed by atoms with Crippen LogP contribution in [0, 0.1) is 0 Å². The number of carbonyl (C=O) groups is 2. The highest BCUT2D eigenvalue weighted by molar-refractivity contribution is 6.03. The van der Waals surface area contributed by atoms with Gasteiger partial charge in [0, 0.05) is 5.39 Å². The molecule has 1 heterocycles. The zero-order valence-corrected chi connectivity index (χ0v) is 7.81. The lowest BCUT2D eigenvalue weighted by molar-refractivity contribution is 0.0993. The minimum absolute atomic E-state index is 0.101. The smallest absolute Gasteiger partial charge is 0.324 e. The van der Waals surface area contributed by atoms with Crippen LogP contribution >= 0.6 is 0 Å². The van der Waals surface area contributed by atoms with Gasteiger partial charge in [0.15, 0.2) is 0 Å². The minimum Gasteiger partial charge on any atom is -0.364 e. The number of para-hydroxylation sites is 1. The van der Waals surface area contributed by atoms with Gasteiger partial charge in [0.25, 0.3) is 5.91 Å². The summed E-state index contributed by atoms with van der Waals surface area (Å²) in [6.45, 7) is 0. The molecule has 0 radical (unpaired) electrons. The first-order valence-electron chi connectivity index (χ1n) is 4.31. The Kier molecular flexibility index (Phi) is 1.93. The average molecular weight is 203 g/mol. The van der Waals surface area contributed by atoms with Gasteiger partial charge in [-0.25, -0.2) is 4.79 Å². The molecule has 5 heteroatoms. The molecule has 1 aromatic carbocycles. The Balaban J connectivity index is 2.86. The third kappa shape index (κ3) is 1.34. The summed E-state index contributed by atoms with van der Waals surface area (Å²) in [5.41, 5.74) is 11.0. The van der Waals surface area contributed by atoms with E-state index in [1.807, 2.05) is 0 Å². The topological polar surface area (TPSA) is 91.1 Å². The van der Waals surface area contributed by atoms with Gasteiger partial charge in [-0.3, -0.25) is 9.36 Å². The number of primary amides is 2. The third-order valence-electron chi connectivity index (χ3n) is 2.18. The number of nitrogens with two attached hydrogens (primary N) is 2. The highest BCUT2D eigenvalue weighted by Gasteiger charge is 2.15. The second-order valence-corrected chi connectivity index (χ2v) is 3.13. The predicted molar refractivity (Wildman–Crippen MR) is 55.4 cm³/mol. The van der Waals surface area contributed by atoms with Crippen molar-refractivity contribution in [2.24, 2.45) is 11.5 Å². The second kappa shape index (κ2) is 3.13. The number of amides is 2. The van der Waals surface area contributed by atoms with E-state index >= 15 is 0 Å². The monoisotopic (exact) mass is 203 g/mol. The zero-order chi connectivity index (χ0) is 11.0. The van der Waals surface area contributed by atoms with Gasteiger partial charge in [-0.1, -0.05) is 18.2 Å². The highest BCUT2D eigenvalue weighted by Crippen LogP contribution is 2.18. The molecule has 0 saturated heterocycles. The SMILES string of the molecule is NC(=O)c1cc2ccccc2n1C(N)=O. The van der Waals surface area contributed by atoms with Crippen molar-refractivity contribution >= 4 is 22.8 Å². The summed E-state index contributed by atoms with van der Waals surface area (Å²) in [7, 11) is 0. The molecular formula is C10H9N3O2. The van der Waals surface area contributed by atoms with Crippen LogP contribution < -0.4 is 11.5 Å². The van der Waals surface area contributed by atoms with E-state index < -0.39 is 11.9 Å². The molecule has 0 fully saturated rings. The van der Waals surface area contributed by atoms with E-state index in [4.69, 9.17) is 11.5 Å². The van der Waals surface area contributed by atoms with Gasteiger partial charge in [-0.05, 0) is 12.1 Å². The lowest BCUT2D eigenvalue weighted by Gasteiger charge is -2.01. The van der Waals surface area contributed by atoms with Crippen LogP contribution in [0.4, 0.5) is 4.79 Å². The molecule has 0 aliphatic rings. The number of benzene rings is 1. The maximum Gasteiger partial charge on any atom is 0.324 e. The first-order valence-corrected chi connectivity index (χ1v) is 4.31. The zero-order valence-electron chi connectivity index (χ0n) is 7.81. The Labute approximate surface area is 85.3 Å². The van der Waals surface area contributed by atoms with Crippen LogP contribution in [-0.4, -0.2) is 16.5 Å². The molecule has 5 nitrogen and oxygen atoms in total. The number of hydrogen-bond donors (Lipinski definition) is 2. The Morgan fingerprint density at radius 1 is 1.13 bits per heavy atom. The summed E-state index contributed by atoms with van der Waals surface area (Å²) in [5, 5.41) is 0.755. The van der Waals surface area contributed by atoms with Crippen LogP contribution in [0.5, 0.6) is 0 Å². The van der Waals surface area contributed by atoms with Crippen molar-refractivity contribution in [3.8, 4) is 0 Å². The standard InChI is InChI=1S/C10H9N3O2/c11-9(14)8-5-6-3-1-2-4-7(6)13(8)10(12)15/h1-5H,(H2,11,14)(H2,12,15). The van der Waals surface area contributed by atoms with Crippen LogP contribution in [0.1, 0.15) is 10.5 Å². The van der Waals surface area contributed by atoms with Crippen molar-refractivity contribution in [3.63, 3.8) is 0 Å². The number of fused-ring (bicyclic) bond motifs is 1. The fourth-order valence-corrected chi connectivity index (χ4v) is 1.57. The molecule has 4 N–H and O–H groups in total. The minimum atomic E-state index is -0.718. The molecule has 2 amide bonds. The van der Waals surface area contributed by atoms with Crippen LogP contribution in [-0.2, 0) is 0 Å². The Bertz CT molecular complexity index is 557. The van der Waals surface area contributed by atoms with Crippen LogP contribution in [0.2, 0.25) is 0 Å². The van der Waals surface area contributed by atoms with E-state index in [-0.39, 0.29) is 5.69 Å². The van der Waals surface area contributed by atoms with Gasteiger partial charge in [-0.15, -0.1) is 0 Å². The summed E-state index contributed by atoms with van der Waals surface area (Å²) in [6, 6.07) is 7.87. The van der Waals surface area contributed by atoms with Crippen molar-refractivity contribution in [1.82, 2.24) is 4.57 Å². The molecule has 2 rings (SSSR count). The van der Waals surface area contributed by atoms with Crippen LogP contribution in [0.3, 0.4) is 0 Å². The summed E-state index contributed by atoms with van der Waals surface area (Å²) in [5.74, 6) is -0.676. The van der Waals surface area contributed by atoms with Gasteiger partial charge in [-0.2, -0.15) is 0 Å². The molecule has 0 saturated carbocycles. The van der Waals surface area contributed by atoms with Crippen molar-refractivity contribution in [2.45, 2.75) is 0 Å².